The minimum absolute atomic E-state index is 0. The number of rotatable bonds is 7. The molecule has 1 unspecified atom stereocenters. The fourth-order valence-electron chi connectivity index (χ4n) is 4.39. The number of hydrogen-bond donors (Lipinski definition) is 0. The van der Waals surface area contributed by atoms with Crippen molar-refractivity contribution in [3.8, 4) is 11.5 Å². The zero-order valence-corrected chi connectivity index (χ0v) is 19.8. The average Bonchev–Trinajstić information content (AvgIpc) is 3.24. The van der Waals surface area contributed by atoms with Crippen molar-refractivity contribution in [1.29, 1.82) is 0 Å². The number of aromatic nitrogens is 1. The van der Waals surface area contributed by atoms with Gasteiger partial charge < -0.3 is 4.74 Å². The van der Waals surface area contributed by atoms with E-state index in [0.717, 1.165) is 60.5 Å². The van der Waals surface area contributed by atoms with E-state index in [2.05, 4.69) is 48.9 Å². The molecule has 1 aromatic heterocycles. The topological polar surface area (TPSA) is 42.4 Å². The predicted molar refractivity (Wildman–Crippen MR) is 131 cm³/mol. The van der Waals surface area contributed by atoms with Crippen molar-refractivity contribution >= 4 is 18.7 Å². The van der Waals surface area contributed by atoms with E-state index in [1.807, 2.05) is 42.6 Å². The molecule has 0 amide bonds. The molecule has 1 fully saturated rings. The Hall–Kier alpha value is -2.69. The van der Waals surface area contributed by atoms with Crippen LogP contribution in [0.15, 0.2) is 60.8 Å². The number of carbonyl (C=O) groups is 1. The Morgan fingerprint density at radius 2 is 1.97 bits per heavy atom. The largest absolute Gasteiger partial charge is 0.457 e. The van der Waals surface area contributed by atoms with Crippen molar-refractivity contribution in [2.24, 2.45) is 0 Å². The molecule has 3 aromatic rings. The maximum absolute atomic E-state index is 11.9. The van der Waals surface area contributed by atoms with Gasteiger partial charge in [0.15, 0.2) is 0 Å². The van der Waals surface area contributed by atoms with Crippen molar-refractivity contribution in [2.45, 2.75) is 45.6 Å². The summed E-state index contributed by atoms with van der Waals surface area (Å²) in [5.41, 5.74) is 5.35. The lowest BCUT2D eigenvalue weighted by molar-refractivity contribution is 0.112. The van der Waals surface area contributed by atoms with Crippen LogP contribution >= 0.6 is 12.4 Å². The van der Waals surface area contributed by atoms with Gasteiger partial charge >= 0.3 is 0 Å². The first-order valence-electron chi connectivity index (χ1n) is 11.0. The van der Waals surface area contributed by atoms with Gasteiger partial charge in [-0.2, -0.15) is 0 Å². The number of nitrogens with zero attached hydrogens (tertiary/aromatic N) is 2. The van der Waals surface area contributed by atoms with Crippen LogP contribution in [-0.2, 0) is 6.54 Å². The molecule has 0 N–H and O–H groups in total. The minimum atomic E-state index is 0. The van der Waals surface area contributed by atoms with E-state index < -0.39 is 0 Å². The van der Waals surface area contributed by atoms with Gasteiger partial charge in [0.25, 0.3) is 0 Å². The molecule has 4 nitrogen and oxygen atoms in total. The van der Waals surface area contributed by atoms with Crippen LogP contribution < -0.4 is 4.74 Å². The van der Waals surface area contributed by atoms with E-state index in [1.54, 1.807) is 0 Å². The van der Waals surface area contributed by atoms with Crippen molar-refractivity contribution in [3.05, 3.63) is 88.7 Å². The standard InChI is InChI=1S/C27H30N2O2.ClH/c1-19(2)24-8-4-5-9-27(24)31-23-10-11-25(22(15-23)18-30)21-12-14-29(16-21)17-26-20(3)7-6-13-28-26;/h4-11,13,15,18-19,21H,12,14,16-17H2,1-3H3;1H. The second-order valence-corrected chi connectivity index (χ2v) is 8.69. The Balaban J connectivity index is 0.00000289. The number of para-hydroxylation sites is 1. The lowest BCUT2D eigenvalue weighted by Crippen LogP contribution is -2.21. The highest BCUT2D eigenvalue weighted by atomic mass is 35.5. The van der Waals surface area contributed by atoms with Crippen LogP contribution in [0.25, 0.3) is 0 Å². The van der Waals surface area contributed by atoms with Crippen LogP contribution in [0, 0.1) is 6.92 Å². The first-order chi connectivity index (χ1) is 15.0. The molecule has 2 heterocycles. The van der Waals surface area contributed by atoms with Gasteiger partial charge in [-0.3, -0.25) is 14.7 Å². The molecule has 32 heavy (non-hydrogen) atoms. The van der Waals surface area contributed by atoms with E-state index in [4.69, 9.17) is 4.74 Å². The summed E-state index contributed by atoms with van der Waals surface area (Å²) in [5.74, 6) is 2.27. The number of aldehydes is 1. The second-order valence-electron chi connectivity index (χ2n) is 8.69. The minimum Gasteiger partial charge on any atom is -0.457 e. The molecular formula is C27H31ClN2O2. The predicted octanol–water partition coefficient (Wildman–Crippen LogP) is 6.53. The van der Waals surface area contributed by atoms with Crippen LogP contribution in [0.1, 0.15) is 64.8 Å². The van der Waals surface area contributed by atoms with Gasteiger partial charge in [-0.25, -0.2) is 0 Å². The Labute approximate surface area is 197 Å². The zero-order chi connectivity index (χ0) is 21.8. The molecule has 0 aliphatic carbocycles. The summed E-state index contributed by atoms with van der Waals surface area (Å²) < 4.78 is 6.17. The molecule has 1 saturated heterocycles. The Bertz CT molecular complexity index is 1070. The van der Waals surface area contributed by atoms with Gasteiger partial charge in [0.05, 0.1) is 5.69 Å². The van der Waals surface area contributed by atoms with Gasteiger partial charge in [0.2, 0.25) is 0 Å². The summed E-state index contributed by atoms with van der Waals surface area (Å²) in [5, 5.41) is 0. The van der Waals surface area contributed by atoms with Gasteiger partial charge in [0.1, 0.15) is 17.8 Å². The zero-order valence-electron chi connectivity index (χ0n) is 19.0. The third-order valence-electron chi connectivity index (χ3n) is 6.16. The second kappa shape index (κ2) is 10.8. The monoisotopic (exact) mass is 450 g/mol. The number of hydrogen-bond acceptors (Lipinski definition) is 4. The highest BCUT2D eigenvalue weighted by Crippen LogP contribution is 2.34. The van der Waals surface area contributed by atoms with Gasteiger partial charge in [-0.15, -0.1) is 12.4 Å². The first-order valence-corrected chi connectivity index (χ1v) is 11.0. The molecular weight excluding hydrogens is 420 g/mol. The smallest absolute Gasteiger partial charge is 0.150 e. The number of carbonyl (C=O) groups excluding carboxylic acids is 1. The molecule has 1 aliphatic rings. The molecule has 0 spiro atoms. The van der Waals surface area contributed by atoms with Crippen LogP contribution in [0.5, 0.6) is 11.5 Å². The van der Waals surface area contributed by atoms with Crippen LogP contribution in [0.3, 0.4) is 0 Å². The highest BCUT2D eigenvalue weighted by Gasteiger charge is 2.26. The average molecular weight is 451 g/mol. The Morgan fingerprint density at radius 3 is 2.72 bits per heavy atom. The Kier molecular flexibility index (Phi) is 8.05. The molecule has 168 valence electrons. The van der Waals surface area contributed by atoms with E-state index >= 15 is 0 Å². The van der Waals surface area contributed by atoms with Gasteiger partial charge in [-0.1, -0.05) is 44.2 Å². The number of pyridine rings is 1. The summed E-state index contributed by atoms with van der Waals surface area (Å²) in [7, 11) is 0. The normalized spacial score (nSPS) is 16.1. The van der Waals surface area contributed by atoms with E-state index in [9.17, 15) is 4.79 Å². The molecule has 0 radical (unpaired) electrons. The number of likely N-dealkylation sites (tertiary alicyclic amines) is 1. The van der Waals surface area contributed by atoms with Crippen molar-refractivity contribution < 1.29 is 9.53 Å². The van der Waals surface area contributed by atoms with Crippen molar-refractivity contribution in [3.63, 3.8) is 0 Å². The van der Waals surface area contributed by atoms with Crippen molar-refractivity contribution in [1.82, 2.24) is 9.88 Å². The number of ether oxygens (including phenoxy) is 1. The fourth-order valence-corrected chi connectivity index (χ4v) is 4.39. The van der Waals surface area contributed by atoms with Crippen LogP contribution in [-0.4, -0.2) is 29.3 Å². The molecule has 1 aliphatic heterocycles. The summed E-state index contributed by atoms with van der Waals surface area (Å²) in [4.78, 5) is 18.9. The SMILES string of the molecule is Cc1cccnc1CN1CCC(c2ccc(Oc3ccccc3C(C)C)cc2C=O)C1.Cl. The van der Waals surface area contributed by atoms with Crippen LogP contribution in [0.4, 0.5) is 0 Å². The first kappa shape index (κ1) is 24.0. The molecule has 1 atom stereocenters. The number of halogens is 1. The third kappa shape index (κ3) is 5.37. The summed E-state index contributed by atoms with van der Waals surface area (Å²) in [6, 6.07) is 18.1. The third-order valence-corrected chi connectivity index (χ3v) is 6.16. The van der Waals surface area contributed by atoms with Crippen molar-refractivity contribution in [2.75, 3.05) is 13.1 Å². The lowest BCUT2D eigenvalue weighted by atomic mass is 9.94. The maximum atomic E-state index is 11.9. The summed E-state index contributed by atoms with van der Waals surface area (Å²) >= 11 is 0. The molecule has 0 bridgehead atoms. The summed E-state index contributed by atoms with van der Waals surface area (Å²) in [6.45, 7) is 9.22. The number of benzene rings is 2. The molecule has 5 heteroatoms. The number of aryl methyl sites for hydroxylation is 1. The quantitative estimate of drug-likeness (QED) is 0.384. The van der Waals surface area contributed by atoms with E-state index in [0.29, 0.717) is 17.6 Å². The lowest BCUT2D eigenvalue weighted by Gasteiger charge is -2.18. The molecule has 4 rings (SSSR count). The molecule has 0 saturated carbocycles. The van der Waals surface area contributed by atoms with Gasteiger partial charge in [0, 0.05) is 24.8 Å². The van der Waals surface area contributed by atoms with Gasteiger partial charge in [-0.05, 0) is 72.7 Å². The Morgan fingerprint density at radius 1 is 1.16 bits per heavy atom. The molecule has 2 aromatic carbocycles. The fraction of sp³-hybridized carbons (Fsp3) is 0.333. The van der Waals surface area contributed by atoms with Crippen LogP contribution in [0.2, 0.25) is 0 Å². The maximum Gasteiger partial charge on any atom is 0.150 e. The highest BCUT2D eigenvalue weighted by molar-refractivity contribution is 5.85. The van der Waals surface area contributed by atoms with E-state index in [-0.39, 0.29) is 12.4 Å². The van der Waals surface area contributed by atoms with E-state index in [1.165, 1.54) is 5.56 Å². The summed E-state index contributed by atoms with van der Waals surface area (Å²) in [6.07, 6.45) is 3.86.